The molecule has 2 aliphatic rings. The molecule has 2 aromatic rings. The van der Waals surface area contributed by atoms with Crippen LogP contribution in [0.4, 0.5) is 5.95 Å². The number of anilines is 1. The van der Waals surface area contributed by atoms with Gasteiger partial charge in [0.05, 0.1) is 24.8 Å². The van der Waals surface area contributed by atoms with Gasteiger partial charge in [-0.25, -0.2) is 4.98 Å². The van der Waals surface area contributed by atoms with Crippen LogP contribution in [0.5, 0.6) is 11.5 Å². The molecule has 1 unspecified atom stereocenters. The topological polar surface area (TPSA) is 68.6 Å². The first-order chi connectivity index (χ1) is 14.1. The molecule has 2 fully saturated rings. The maximum Gasteiger partial charge on any atom is 0.223 e. The number of imidazole rings is 1. The molecule has 1 aliphatic heterocycles. The fourth-order valence-electron chi connectivity index (χ4n) is 4.70. The van der Waals surface area contributed by atoms with Crippen LogP contribution in [0.3, 0.4) is 0 Å². The van der Waals surface area contributed by atoms with Gasteiger partial charge in [-0.2, -0.15) is 0 Å². The van der Waals surface area contributed by atoms with Crippen LogP contribution in [0.15, 0.2) is 12.1 Å². The van der Waals surface area contributed by atoms with Gasteiger partial charge in [0.25, 0.3) is 0 Å². The third-order valence-corrected chi connectivity index (χ3v) is 6.24. The fraction of sp³-hybridized carbons (Fsp3) is 0.636. The molecular weight excluding hydrogens is 368 g/mol. The minimum Gasteiger partial charge on any atom is -0.493 e. The Morgan fingerprint density at radius 2 is 2.03 bits per heavy atom. The number of fused-ring (bicyclic) bond motifs is 1. The van der Waals surface area contributed by atoms with Crippen molar-refractivity contribution in [2.75, 3.05) is 38.7 Å². The molecule has 29 heavy (non-hydrogen) atoms. The molecule has 0 bridgehead atoms. The quantitative estimate of drug-likeness (QED) is 0.765. The number of carbonyl (C=O) groups is 1. The lowest BCUT2D eigenvalue weighted by Gasteiger charge is -2.18. The van der Waals surface area contributed by atoms with E-state index in [-0.39, 0.29) is 5.91 Å². The van der Waals surface area contributed by atoms with E-state index in [1.807, 2.05) is 12.1 Å². The zero-order valence-corrected chi connectivity index (χ0v) is 17.7. The first kappa shape index (κ1) is 20.0. The highest BCUT2D eigenvalue weighted by atomic mass is 16.5. The lowest BCUT2D eigenvalue weighted by atomic mass is 10.1. The zero-order valence-electron chi connectivity index (χ0n) is 17.7. The summed E-state index contributed by atoms with van der Waals surface area (Å²) in [5.41, 5.74) is 1.82. The zero-order chi connectivity index (χ0) is 20.4. The summed E-state index contributed by atoms with van der Waals surface area (Å²) in [5, 5.41) is 2.91. The number of hydrogen-bond acceptors (Lipinski definition) is 5. The van der Waals surface area contributed by atoms with Gasteiger partial charge in [0, 0.05) is 37.6 Å². The van der Waals surface area contributed by atoms with Crippen LogP contribution < -0.4 is 14.8 Å². The number of aromatic nitrogens is 2. The Labute approximate surface area is 172 Å². The standard InChI is InChI=1S/C22H32N4O3/c1-4-25-10-9-16(13-25)14-29-21-11-18-19(12-20(21)28-3)26(17-7-5-6-8-17)22(24-18)23-15(2)27/h11-12,16-17H,4-10,13-14H2,1-3H3,(H,23,24,27). The van der Waals surface area contributed by atoms with E-state index < -0.39 is 0 Å². The van der Waals surface area contributed by atoms with E-state index in [9.17, 15) is 4.79 Å². The number of nitrogens with one attached hydrogen (secondary N) is 1. The maximum atomic E-state index is 11.7. The molecule has 0 spiro atoms. The van der Waals surface area contributed by atoms with Gasteiger partial charge in [-0.15, -0.1) is 0 Å². The Bertz CT molecular complexity index is 873. The number of benzene rings is 1. The number of ether oxygens (including phenoxy) is 2. The predicted molar refractivity (Wildman–Crippen MR) is 114 cm³/mol. The second-order valence-corrected chi connectivity index (χ2v) is 8.28. The van der Waals surface area contributed by atoms with E-state index in [0.717, 1.165) is 55.0 Å². The third kappa shape index (κ3) is 4.20. The Morgan fingerprint density at radius 1 is 1.24 bits per heavy atom. The second-order valence-electron chi connectivity index (χ2n) is 8.28. The Hall–Kier alpha value is -2.28. The smallest absolute Gasteiger partial charge is 0.223 e. The van der Waals surface area contributed by atoms with Crippen molar-refractivity contribution in [3.8, 4) is 11.5 Å². The summed E-state index contributed by atoms with van der Waals surface area (Å²) in [4.78, 5) is 18.9. The molecule has 1 saturated carbocycles. The van der Waals surface area contributed by atoms with E-state index in [1.54, 1.807) is 7.11 Å². The average molecular weight is 401 g/mol. The highest BCUT2D eigenvalue weighted by Crippen LogP contribution is 2.39. The first-order valence-electron chi connectivity index (χ1n) is 10.8. The number of carbonyl (C=O) groups excluding carboxylic acids is 1. The van der Waals surface area contributed by atoms with Crippen LogP contribution in [0, 0.1) is 5.92 Å². The van der Waals surface area contributed by atoms with Gasteiger partial charge in [-0.05, 0) is 32.4 Å². The van der Waals surface area contributed by atoms with Gasteiger partial charge in [-0.1, -0.05) is 19.8 Å². The van der Waals surface area contributed by atoms with Crippen molar-refractivity contribution in [3.63, 3.8) is 0 Å². The summed E-state index contributed by atoms with van der Waals surface area (Å²) < 4.78 is 14.0. The van der Waals surface area contributed by atoms with Gasteiger partial charge in [-0.3, -0.25) is 10.1 Å². The SMILES string of the molecule is CCN1CCC(COc2cc3nc(NC(C)=O)n(C4CCCC4)c3cc2OC)C1. The maximum absolute atomic E-state index is 11.7. The van der Waals surface area contributed by atoms with Crippen molar-refractivity contribution in [1.82, 2.24) is 14.5 Å². The minimum absolute atomic E-state index is 0.107. The monoisotopic (exact) mass is 400 g/mol. The Kier molecular flexibility index (Phi) is 5.94. The molecule has 1 aromatic carbocycles. The van der Waals surface area contributed by atoms with Crippen LogP contribution >= 0.6 is 0 Å². The number of amides is 1. The molecule has 2 heterocycles. The lowest BCUT2D eigenvalue weighted by Crippen LogP contribution is -2.21. The molecule has 158 valence electrons. The number of nitrogens with zero attached hydrogens (tertiary/aromatic N) is 3. The summed E-state index contributed by atoms with van der Waals surface area (Å²) >= 11 is 0. The van der Waals surface area contributed by atoms with Crippen molar-refractivity contribution in [1.29, 1.82) is 0 Å². The van der Waals surface area contributed by atoms with Crippen LogP contribution in [-0.2, 0) is 4.79 Å². The molecule has 7 nitrogen and oxygen atoms in total. The molecule has 1 atom stereocenters. The van der Waals surface area contributed by atoms with Crippen LogP contribution in [0.1, 0.15) is 52.0 Å². The number of hydrogen-bond donors (Lipinski definition) is 1. The number of rotatable bonds is 7. The van der Waals surface area contributed by atoms with Crippen molar-refractivity contribution in [3.05, 3.63) is 12.1 Å². The second kappa shape index (κ2) is 8.61. The molecule has 0 radical (unpaired) electrons. The molecule has 1 aromatic heterocycles. The Balaban J connectivity index is 1.63. The van der Waals surface area contributed by atoms with Gasteiger partial charge >= 0.3 is 0 Å². The normalized spacial score (nSPS) is 20.4. The largest absolute Gasteiger partial charge is 0.493 e. The third-order valence-electron chi connectivity index (χ3n) is 6.24. The summed E-state index contributed by atoms with van der Waals surface area (Å²) in [6, 6.07) is 4.32. The van der Waals surface area contributed by atoms with E-state index in [0.29, 0.717) is 24.5 Å². The van der Waals surface area contributed by atoms with Crippen molar-refractivity contribution in [2.24, 2.45) is 5.92 Å². The van der Waals surface area contributed by atoms with E-state index in [4.69, 9.17) is 14.5 Å². The summed E-state index contributed by atoms with van der Waals surface area (Å²) in [7, 11) is 1.67. The highest BCUT2D eigenvalue weighted by Gasteiger charge is 2.26. The molecule has 4 rings (SSSR count). The lowest BCUT2D eigenvalue weighted by molar-refractivity contribution is -0.114. The van der Waals surface area contributed by atoms with Crippen LogP contribution in [0.2, 0.25) is 0 Å². The van der Waals surface area contributed by atoms with Crippen LogP contribution in [0.25, 0.3) is 11.0 Å². The first-order valence-corrected chi connectivity index (χ1v) is 10.8. The van der Waals surface area contributed by atoms with Gasteiger partial charge in [0.1, 0.15) is 0 Å². The molecule has 1 aliphatic carbocycles. The van der Waals surface area contributed by atoms with E-state index in [1.165, 1.54) is 26.2 Å². The minimum atomic E-state index is -0.107. The van der Waals surface area contributed by atoms with Gasteiger partial charge < -0.3 is 18.9 Å². The summed E-state index contributed by atoms with van der Waals surface area (Å²) in [5.74, 6) is 2.50. The van der Waals surface area contributed by atoms with Crippen molar-refractivity contribution < 1.29 is 14.3 Å². The fourth-order valence-corrected chi connectivity index (χ4v) is 4.70. The van der Waals surface area contributed by atoms with Crippen molar-refractivity contribution in [2.45, 2.75) is 52.0 Å². The molecule has 1 saturated heterocycles. The average Bonchev–Trinajstić information content (AvgIpc) is 3.44. The van der Waals surface area contributed by atoms with Gasteiger partial charge in [0.15, 0.2) is 11.5 Å². The highest BCUT2D eigenvalue weighted by molar-refractivity contribution is 5.90. The number of likely N-dealkylation sites (tertiary alicyclic amines) is 1. The van der Waals surface area contributed by atoms with Gasteiger partial charge in [0.2, 0.25) is 11.9 Å². The van der Waals surface area contributed by atoms with E-state index in [2.05, 4.69) is 21.7 Å². The molecule has 7 heteroatoms. The molecular formula is C22H32N4O3. The van der Waals surface area contributed by atoms with Crippen LogP contribution in [-0.4, -0.2) is 53.7 Å². The van der Waals surface area contributed by atoms with Crippen molar-refractivity contribution >= 4 is 22.9 Å². The molecule has 1 amide bonds. The van der Waals surface area contributed by atoms with E-state index >= 15 is 0 Å². The Morgan fingerprint density at radius 3 is 2.69 bits per heavy atom. The summed E-state index contributed by atoms with van der Waals surface area (Å²) in [6.45, 7) is 7.73. The molecule has 1 N–H and O–H groups in total. The number of methoxy groups -OCH3 is 1. The predicted octanol–water partition coefficient (Wildman–Crippen LogP) is 3.84. The summed E-state index contributed by atoms with van der Waals surface area (Å²) in [6.07, 6.45) is 5.79.